The van der Waals surface area contributed by atoms with Gasteiger partial charge in [0.1, 0.15) is 5.75 Å². The molecule has 26 heavy (non-hydrogen) atoms. The van der Waals surface area contributed by atoms with Gasteiger partial charge in [0.25, 0.3) is 0 Å². The first-order chi connectivity index (χ1) is 12.6. The van der Waals surface area contributed by atoms with Crippen LogP contribution in [-0.4, -0.2) is 27.4 Å². The zero-order valence-electron chi connectivity index (χ0n) is 14.9. The smallest absolute Gasteiger partial charge is 0.387 e. The molecule has 0 bridgehead atoms. The fourth-order valence-electron chi connectivity index (χ4n) is 3.37. The Labute approximate surface area is 152 Å². The van der Waals surface area contributed by atoms with Crippen molar-refractivity contribution in [1.29, 1.82) is 0 Å². The van der Waals surface area contributed by atoms with Gasteiger partial charge in [0.05, 0.1) is 14.2 Å². The minimum Gasteiger partial charge on any atom is -0.493 e. The molecule has 6 heteroatoms. The summed E-state index contributed by atoms with van der Waals surface area (Å²) in [5.41, 5.74) is 3.58. The zero-order valence-corrected chi connectivity index (χ0v) is 14.9. The average molecular weight is 363 g/mol. The van der Waals surface area contributed by atoms with Gasteiger partial charge >= 0.3 is 6.61 Å². The molecule has 4 nitrogen and oxygen atoms in total. The highest BCUT2D eigenvalue weighted by atomic mass is 19.3. The van der Waals surface area contributed by atoms with Gasteiger partial charge in [0.15, 0.2) is 11.5 Å². The van der Waals surface area contributed by atoms with E-state index in [1.165, 1.54) is 11.1 Å². The van der Waals surface area contributed by atoms with Crippen LogP contribution < -0.4 is 19.5 Å². The number of aryl methyl sites for hydroxylation is 1. The highest BCUT2D eigenvalue weighted by Crippen LogP contribution is 2.36. The Kier molecular flexibility index (Phi) is 5.93. The molecule has 1 unspecified atom stereocenters. The normalized spacial score (nSPS) is 16.3. The molecule has 0 radical (unpaired) electrons. The van der Waals surface area contributed by atoms with E-state index in [1.54, 1.807) is 26.4 Å². The Hall–Kier alpha value is -2.34. The maximum atomic E-state index is 12.2. The summed E-state index contributed by atoms with van der Waals surface area (Å²) < 4.78 is 39.6. The van der Waals surface area contributed by atoms with E-state index in [1.807, 2.05) is 18.2 Å². The van der Waals surface area contributed by atoms with Gasteiger partial charge in [-0.1, -0.05) is 12.1 Å². The van der Waals surface area contributed by atoms with E-state index in [0.717, 1.165) is 42.9 Å². The monoisotopic (exact) mass is 363 g/mol. The van der Waals surface area contributed by atoms with Crippen LogP contribution in [0.3, 0.4) is 0 Å². The molecule has 0 spiro atoms. The van der Waals surface area contributed by atoms with E-state index < -0.39 is 6.61 Å². The molecule has 3 rings (SSSR count). The van der Waals surface area contributed by atoms with Crippen molar-refractivity contribution in [2.24, 2.45) is 0 Å². The van der Waals surface area contributed by atoms with Gasteiger partial charge in [-0.25, -0.2) is 0 Å². The van der Waals surface area contributed by atoms with Crippen LogP contribution in [-0.2, 0) is 12.8 Å². The van der Waals surface area contributed by atoms with Crippen LogP contribution in [0.25, 0.3) is 0 Å². The molecule has 1 aliphatic rings. The summed E-state index contributed by atoms with van der Waals surface area (Å²) in [6.07, 6.45) is 2.68. The van der Waals surface area contributed by atoms with Gasteiger partial charge in [-0.2, -0.15) is 8.78 Å². The molecular weight excluding hydrogens is 340 g/mol. The summed E-state index contributed by atoms with van der Waals surface area (Å²) in [6.45, 7) is -1.88. The van der Waals surface area contributed by atoms with Crippen molar-refractivity contribution >= 4 is 0 Å². The fourth-order valence-corrected chi connectivity index (χ4v) is 3.37. The predicted octanol–water partition coefficient (Wildman–Crippen LogP) is 4.12. The number of fused-ring (bicyclic) bond motifs is 1. The third-order valence-corrected chi connectivity index (χ3v) is 4.68. The Balaban J connectivity index is 1.70. The maximum Gasteiger partial charge on any atom is 0.387 e. The molecule has 140 valence electrons. The van der Waals surface area contributed by atoms with Gasteiger partial charge in [0, 0.05) is 6.04 Å². The topological polar surface area (TPSA) is 39.7 Å². The second-order valence-corrected chi connectivity index (χ2v) is 6.22. The van der Waals surface area contributed by atoms with Crippen molar-refractivity contribution in [3.63, 3.8) is 0 Å². The third kappa shape index (κ3) is 4.25. The van der Waals surface area contributed by atoms with Crippen molar-refractivity contribution in [3.8, 4) is 17.2 Å². The second-order valence-electron chi connectivity index (χ2n) is 6.22. The summed E-state index contributed by atoms with van der Waals surface area (Å²) >= 11 is 0. The Morgan fingerprint density at radius 1 is 1.08 bits per heavy atom. The molecule has 0 aromatic heterocycles. The number of hydrogen-bond donors (Lipinski definition) is 1. The Morgan fingerprint density at radius 2 is 1.77 bits per heavy atom. The van der Waals surface area contributed by atoms with Gasteiger partial charge in [0.2, 0.25) is 0 Å². The summed E-state index contributed by atoms with van der Waals surface area (Å²) in [5.74, 6) is 1.66. The van der Waals surface area contributed by atoms with Gasteiger partial charge in [-0.05, 0) is 66.8 Å². The molecule has 0 fully saturated rings. The number of benzene rings is 2. The Bertz CT molecular complexity index is 735. The molecule has 0 saturated heterocycles. The molecule has 0 saturated carbocycles. The number of rotatable bonds is 7. The van der Waals surface area contributed by atoms with Crippen LogP contribution in [0.15, 0.2) is 36.4 Å². The summed E-state index contributed by atoms with van der Waals surface area (Å²) in [6, 6.07) is 11.1. The van der Waals surface area contributed by atoms with Crippen LogP contribution in [0.2, 0.25) is 0 Å². The molecule has 1 atom stereocenters. The molecule has 1 heterocycles. The first-order valence-electron chi connectivity index (χ1n) is 8.62. The van der Waals surface area contributed by atoms with E-state index in [0.29, 0.717) is 0 Å². The zero-order chi connectivity index (χ0) is 18.5. The number of nitrogens with one attached hydrogen (secondary N) is 1. The summed E-state index contributed by atoms with van der Waals surface area (Å²) in [7, 11) is 3.28. The fraction of sp³-hybridized carbons (Fsp3) is 0.400. The van der Waals surface area contributed by atoms with E-state index in [-0.39, 0.29) is 11.8 Å². The largest absolute Gasteiger partial charge is 0.493 e. The molecule has 0 aliphatic carbocycles. The summed E-state index contributed by atoms with van der Waals surface area (Å²) in [5, 5.41) is 3.55. The van der Waals surface area contributed by atoms with E-state index in [9.17, 15) is 8.78 Å². The molecule has 1 N–H and O–H groups in total. The van der Waals surface area contributed by atoms with Gasteiger partial charge in [-0.15, -0.1) is 0 Å². The minimum absolute atomic E-state index is 0.182. The quantitative estimate of drug-likeness (QED) is 0.803. The van der Waals surface area contributed by atoms with Crippen LogP contribution in [0.1, 0.15) is 29.2 Å². The first kappa shape index (κ1) is 18.5. The number of methoxy groups -OCH3 is 2. The highest BCUT2D eigenvalue weighted by Gasteiger charge is 2.22. The van der Waals surface area contributed by atoms with Crippen LogP contribution in [0, 0.1) is 0 Å². The van der Waals surface area contributed by atoms with Crippen molar-refractivity contribution in [2.45, 2.75) is 31.9 Å². The number of ether oxygens (including phenoxy) is 3. The molecule has 0 amide bonds. The molecular formula is C20H23F2NO3. The van der Waals surface area contributed by atoms with Crippen molar-refractivity contribution < 1.29 is 23.0 Å². The second kappa shape index (κ2) is 8.36. The number of hydrogen-bond acceptors (Lipinski definition) is 4. The predicted molar refractivity (Wildman–Crippen MR) is 95.4 cm³/mol. The lowest BCUT2D eigenvalue weighted by atomic mass is 9.90. The van der Waals surface area contributed by atoms with Crippen LogP contribution in [0.5, 0.6) is 17.2 Å². The highest BCUT2D eigenvalue weighted by molar-refractivity contribution is 5.49. The van der Waals surface area contributed by atoms with Crippen molar-refractivity contribution in [1.82, 2.24) is 5.32 Å². The maximum absolute atomic E-state index is 12.2. The average Bonchev–Trinajstić information content (AvgIpc) is 2.65. The van der Waals surface area contributed by atoms with E-state index in [4.69, 9.17) is 9.47 Å². The molecule has 2 aromatic rings. The first-order valence-corrected chi connectivity index (χ1v) is 8.62. The van der Waals surface area contributed by atoms with E-state index in [2.05, 4.69) is 16.1 Å². The standard InChI is InChI=1S/C20H23F2NO3/c1-24-18-11-14-9-10-23-17(16(14)12-19(18)25-2)8-5-13-3-6-15(7-4-13)26-20(21)22/h3-4,6-7,11-12,17,20,23H,5,8-10H2,1-2H3. The molecule has 1 aliphatic heterocycles. The van der Waals surface area contributed by atoms with Gasteiger partial charge in [-0.3, -0.25) is 0 Å². The molecule has 2 aromatic carbocycles. The summed E-state index contributed by atoms with van der Waals surface area (Å²) in [4.78, 5) is 0. The van der Waals surface area contributed by atoms with Crippen molar-refractivity contribution in [3.05, 3.63) is 53.1 Å². The number of halogens is 2. The lowest BCUT2D eigenvalue weighted by Crippen LogP contribution is -2.30. The van der Waals surface area contributed by atoms with E-state index >= 15 is 0 Å². The lowest BCUT2D eigenvalue weighted by Gasteiger charge is -2.28. The third-order valence-electron chi connectivity index (χ3n) is 4.68. The van der Waals surface area contributed by atoms with Crippen molar-refractivity contribution in [2.75, 3.05) is 20.8 Å². The lowest BCUT2D eigenvalue weighted by molar-refractivity contribution is -0.0498. The minimum atomic E-state index is -2.80. The van der Waals surface area contributed by atoms with Crippen LogP contribution in [0.4, 0.5) is 8.78 Å². The van der Waals surface area contributed by atoms with Gasteiger partial charge < -0.3 is 19.5 Å². The Morgan fingerprint density at radius 3 is 2.42 bits per heavy atom. The van der Waals surface area contributed by atoms with Crippen LogP contribution >= 0.6 is 0 Å². The number of alkyl halides is 2. The SMILES string of the molecule is COc1cc2c(cc1OC)C(CCc1ccc(OC(F)F)cc1)NCC2.